The summed E-state index contributed by atoms with van der Waals surface area (Å²) in [4.78, 5) is 2.39. The van der Waals surface area contributed by atoms with Gasteiger partial charge in [-0.2, -0.15) is 0 Å². The lowest BCUT2D eigenvalue weighted by atomic mass is 9.42. The van der Waals surface area contributed by atoms with E-state index < -0.39 is 8.07 Å². The summed E-state index contributed by atoms with van der Waals surface area (Å²) in [5.74, 6) is 5.24. The minimum absolute atomic E-state index is 0.0380. The molecule has 2 nitrogen and oxygen atoms in total. The Labute approximate surface area is 361 Å². The standard InChI is InChI=1S/C58H49NOSi/c1-5-15-47(16-6-1)59(49-31-34-55-57(40-49)60-56-24-14-13-23-54(56)58(55)45-36-41-35-42(38-45)39-46(58)37-41)48-29-25-43(26-30-48)44-27-32-53(33-28-44)61(50-17-7-2-8-18-50,51-19-9-3-10-20-51)52-21-11-4-12-22-52/h1-34,40-42,45-46H,35-39H2. The van der Waals surface area contributed by atoms with Crippen LogP contribution in [0.15, 0.2) is 212 Å². The zero-order valence-corrected chi connectivity index (χ0v) is 35.4. The highest BCUT2D eigenvalue weighted by atomic mass is 28.3. The Morgan fingerprint density at radius 3 is 1.36 bits per heavy atom. The first-order valence-electron chi connectivity index (χ1n) is 22.3. The van der Waals surface area contributed by atoms with Gasteiger partial charge in [0.25, 0.3) is 0 Å². The average molecular weight is 804 g/mol. The van der Waals surface area contributed by atoms with Crippen molar-refractivity contribution in [2.24, 2.45) is 23.7 Å². The van der Waals surface area contributed by atoms with Gasteiger partial charge in [0.1, 0.15) is 11.5 Å². The quantitative estimate of drug-likeness (QED) is 0.112. The third-order valence-electron chi connectivity index (χ3n) is 15.1. The summed E-state index contributed by atoms with van der Waals surface area (Å²) >= 11 is 0. The van der Waals surface area contributed by atoms with E-state index in [1.165, 1.54) is 75.1 Å². The molecule has 4 aliphatic carbocycles. The van der Waals surface area contributed by atoms with Gasteiger partial charge in [0.2, 0.25) is 0 Å². The van der Waals surface area contributed by atoms with Crippen LogP contribution in [0.3, 0.4) is 0 Å². The van der Waals surface area contributed by atoms with E-state index in [0.717, 1.165) is 40.4 Å². The van der Waals surface area contributed by atoms with Crippen LogP contribution in [0.4, 0.5) is 17.1 Å². The van der Waals surface area contributed by atoms with Crippen LogP contribution in [-0.2, 0) is 5.41 Å². The van der Waals surface area contributed by atoms with Crippen molar-refractivity contribution in [3.63, 3.8) is 0 Å². The molecule has 1 spiro atoms. The maximum Gasteiger partial charge on any atom is 0.179 e. The molecule has 0 N–H and O–H groups in total. The molecule has 5 aliphatic rings. The zero-order valence-electron chi connectivity index (χ0n) is 34.4. The van der Waals surface area contributed by atoms with Crippen LogP contribution in [0.5, 0.6) is 11.5 Å². The third kappa shape index (κ3) is 5.74. The monoisotopic (exact) mass is 803 g/mol. The number of anilines is 3. The maximum absolute atomic E-state index is 6.94. The Morgan fingerprint density at radius 1 is 0.377 bits per heavy atom. The number of benzene rings is 8. The van der Waals surface area contributed by atoms with Crippen molar-refractivity contribution in [2.75, 3.05) is 4.90 Å². The second-order valence-corrected chi connectivity index (χ2v) is 21.9. The summed E-state index contributed by atoms with van der Waals surface area (Å²) in [7, 11) is -2.59. The van der Waals surface area contributed by atoms with Crippen molar-refractivity contribution >= 4 is 45.9 Å². The third-order valence-corrected chi connectivity index (χ3v) is 19.9. The molecule has 0 aromatic heterocycles. The molecule has 8 aromatic carbocycles. The van der Waals surface area contributed by atoms with Crippen molar-refractivity contribution in [1.29, 1.82) is 0 Å². The second-order valence-electron chi connectivity index (χ2n) is 18.1. The molecule has 3 heteroatoms. The van der Waals surface area contributed by atoms with Crippen molar-refractivity contribution in [3.05, 3.63) is 223 Å². The zero-order chi connectivity index (χ0) is 40.4. The van der Waals surface area contributed by atoms with E-state index in [1.807, 2.05) is 0 Å². The molecule has 4 saturated carbocycles. The number of nitrogens with zero attached hydrogens (tertiary/aromatic N) is 1. The Bertz CT molecular complexity index is 2700. The molecule has 296 valence electrons. The number of para-hydroxylation sites is 2. The van der Waals surface area contributed by atoms with Gasteiger partial charge in [-0.1, -0.05) is 170 Å². The van der Waals surface area contributed by atoms with E-state index in [1.54, 1.807) is 0 Å². The van der Waals surface area contributed by atoms with Gasteiger partial charge in [0.05, 0.1) is 0 Å². The van der Waals surface area contributed by atoms with Crippen molar-refractivity contribution in [2.45, 2.75) is 37.5 Å². The van der Waals surface area contributed by atoms with E-state index in [2.05, 4.69) is 217 Å². The topological polar surface area (TPSA) is 12.5 Å². The minimum Gasteiger partial charge on any atom is -0.457 e. The molecule has 4 bridgehead atoms. The van der Waals surface area contributed by atoms with Gasteiger partial charge in [-0.3, -0.25) is 0 Å². The molecule has 4 fully saturated rings. The van der Waals surface area contributed by atoms with Crippen LogP contribution in [0, 0.1) is 23.7 Å². The number of hydrogen-bond donors (Lipinski definition) is 0. The predicted molar refractivity (Wildman–Crippen MR) is 255 cm³/mol. The molecular formula is C58H49NOSi. The van der Waals surface area contributed by atoms with Crippen LogP contribution in [0.25, 0.3) is 11.1 Å². The van der Waals surface area contributed by atoms with Gasteiger partial charge in [-0.05, 0) is 124 Å². The molecule has 13 rings (SSSR count). The largest absolute Gasteiger partial charge is 0.457 e. The van der Waals surface area contributed by atoms with Crippen molar-refractivity contribution < 1.29 is 4.74 Å². The van der Waals surface area contributed by atoms with E-state index in [9.17, 15) is 0 Å². The SMILES string of the molecule is c1ccc(N(c2ccc(-c3ccc([Si](c4ccccc4)(c4ccccc4)c4ccccc4)cc3)cc2)c2ccc3c(c2)Oc2ccccc2C32C3CC4CC(C3)CC2C4)cc1. The van der Waals surface area contributed by atoms with Crippen LogP contribution >= 0.6 is 0 Å². The van der Waals surface area contributed by atoms with Crippen molar-refractivity contribution in [3.8, 4) is 22.6 Å². The fourth-order valence-corrected chi connectivity index (χ4v) is 17.6. The lowest BCUT2D eigenvalue weighted by Crippen LogP contribution is -2.74. The minimum atomic E-state index is -2.59. The summed E-state index contributed by atoms with van der Waals surface area (Å²) in [6, 6.07) is 78.9. The summed E-state index contributed by atoms with van der Waals surface area (Å²) in [6.07, 6.45) is 6.85. The Morgan fingerprint density at radius 2 is 0.803 bits per heavy atom. The van der Waals surface area contributed by atoms with Crippen LogP contribution in [0.2, 0.25) is 0 Å². The number of ether oxygens (including phenoxy) is 1. The molecular weight excluding hydrogens is 755 g/mol. The molecule has 0 saturated heterocycles. The predicted octanol–water partition coefficient (Wildman–Crippen LogP) is 12.0. The van der Waals surface area contributed by atoms with Crippen LogP contribution in [-0.4, -0.2) is 8.07 Å². The highest BCUT2D eigenvalue weighted by Gasteiger charge is 2.61. The first-order valence-corrected chi connectivity index (χ1v) is 24.3. The molecule has 0 unspecified atom stereocenters. The van der Waals surface area contributed by atoms with Gasteiger partial charge in [-0.15, -0.1) is 0 Å². The Kier molecular flexibility index (Phi) is 8.74. The highest BCUT2D eigenvalue weighted by Crippen LogP contribution is 2.69. The highest BCUT2D eigenvalue weighted by molar-refractivity contribution is 7.19. The van der Waals surface area contributed by atoms with Crippen molar-refractivity contribution in [1.82, 2.24) is 0 Å². The van der Waals surface area contributed by atoms with Gasteiger partial charge in [0.15, 0.2) is 8.07 Å². The van der Waals surface area contributed by atoms with E-state index in [4.69, 9.17) is 4.74 Å². The normalized spacial score (nSPS) is 22.0. The molecule has 61 heavy (non-hydrogen) atoms. The first kappa shape index (κ1) is 36.4. The summed E-state index contributed by atoms with van der Waals surface area (Å²) in [5.41, 5.74) is 8.65. The Hall–Kier alpha value is -6.42. The molecule has 1 heterocycles. The maximum atomic E-state index is 6.94. The van der Waals surface area contributed by atoms with Gasteiger partial charge < -0.3 is 9.64 Å². The van der Waals surface area contributed by atoms with Gasteiger partial charge in [0, 0.05) is 39.7 Å². The Balaban J connectivity index is 0.919. The summed E-state index contributed by atoms with van der Waals surface area (Å²) in [6.45, 7) is 0. The smallest absolute Gasteiger partial charge is 0.179 e. The van der Waals surface area contributed by atoms with Crippen LogP contribution < -0.4 is 30.4 Å². The molecule has 0 radical (unpaired) electrons. The molecule has 8 aromatic rings. The molecule has 1 aliphatic heterocycles. The lowest BCUT2D eigenvalue weighted by molar-refractivity contribution is -0.0452. The van der Waals surface area contributed by atoms with E-state index in [-0.39, 0.29) is 5.41 Å². The fourth-order valence-electron chi connectivity index (χ4n) is 12.8. The van der Waals surface area contributed by atoms with Gasteiger partial charge in [-0.25, -0.2) is 0 Å². The van der Waals surface area contributed by atoms with Crippen LogP contribution in [0.1, 0.15) is 43.2 Å². The van der Waals surface area contributed by atoms with Gasteiger partial charge >= 0.3 is 0 Å². The number of hydrogen-bond acceptors (Lipinski definition) is 2. The summed E-state index contributed by atoms with van der Waals surface area (Å²) < 4.78 is 6.94. The molecule has 0 atom stereocenters. The first-order chi connectivity index (χ1) is 30.2. The lowest BCUT2D eigenvalue weighted by Gasteiger charge is -2.63. The number of fused-ring (bicyclic) bond motifs is 2. The molecule has 0 amide bonds. The van der Waals surface area contributed by atoms with E-state index >= 15 is 0 Å². The summed E-state index contributed by atoms with van der Waals surface area (Å²) in [5, 5.41) is 5.53. The second kappa shape index (κ2) is 14.6. The average Bonchev–Trinajstić information content (AvgIpc) is 3.32. The fraction of sp³-hybridized carbons (Fsp3) is 0.172. The number of rotatable bonds is 8. The van der Waals surface area contributed by atoms with E-state index in [0.29, 0.717) is 11.8 Å².